The van der Waals surface area contributed by atoms with Crippen molar-refractivity contribution in [3.8, 4) is 0 Å². The second kappa shape index (κ2) is 12.2. The van der Waals surface area contributed by atoms with E-state index in [0.717, 1.165) is 37.2 Å². The number of unbranched alkanes of at least 4 members (excludes halogenated alkanes) is 5. The van der Waals surface area contributed by atoms with Crippen molar-refractivity contribution < 1.29 is 4.74 Å². The Bertz CT molecular complexity index is 693. The maximum absolute atomic E-state index is 8.54. The summed E-state index contributed by atoms with van der Waals surface area (Å²) in [5.74, 6) is 0. The topological polar surface area (TPSA) is 46.2 Å². The first kappa shape index (κ1) is 22.7. The predicted molar refractivity (Wildman–Crippen MR) is 111 cm³/mol. The lowest BCUT2D eigenvalue weighted by Gasteiger charge is -2.10. The summed E-state index contributed by atoms with van der Waals surface area (Å²) in [5.41, 5.74) is 2.71. The van der Waals surface area contributed by atoms with E-state index in [-0.39, 0.29) is 12.4 Å². The highest BCUT2D eigenvalue weighted by Gasteiger charge is 2.10. The average molecular weight is 383 g/mol. The van der Waals surface area contributed by atoms with Crippen molar-refractivity contribution in [3.63, 3.8) is 0 Å². The van der Waals surface area contributed by atoms with Gasteiger partial charge in [0.05, 0.1) is 11.0 Å². The molecule has 2 aromatic rings. The fraction of sp³-hybridized carbons (Fsp3) is 0.650. The smallest absolute Gasteiger partial charge is 0.204 e. The first-order chi connectivity index (χ1) is 12.1. The van der Waals surface area contributed by atoms with Crippen LogP contribution in [0.5, 0.6) is 0 Å². The molecule has 0 unspecified atom stereocenters. The van der Waals surface area contributed by atoms with Crippen LogP contribution in [0.2, 0.25) is 0 Å². The van der Waals surface area contributed by atoms with Crippen molar-refractivity contribution in [2.75, 3.05) is 27.2 Å². The van der Waals surface area contributed by atoms with Gasteiger partial charge in [-0.05, 0) is 32.6 Å². The van der Waals surface area contributed by atoms with Crippen molar-refractivity contribution in [1.82, 2.24) is 14.0 Å². The second-order valence-electron chi connectivity index (χ2n) is 7.00. The van der Waals surface area contributed by atoms with Gasteiger partial charge in [0.25, 0.3) is 0 Å². The first-order valence-electron chi connectivity index (χ1n) is 9.60. The van der Waals surface area contributed by atoms with Crippen molar-refractivity contribution >= 4 is 23.4 Å². The Morgan fingerprint density at radius 1 is 0.962 bits per heavy atom. The molecule has 148 valence electrons. The van der Waals surface area contributed by atoms with Gasteiger partial charge in [0.2, 0.25) is 5.62 Å². The van der Waals surface area contributed by atoms with Crippen LogP contribution in [0.1, 0.15) is 45.4 Å². The van der Waals surface area contributed by atoms with E-state index in [1.807, 2.05) is 16.7 Å². The standard InChI is InChI=1S/C20H34N4O.ClH/c1-4-5-6-7-8-11-16-25-17-24-19-13-10-9-12-18(19)23(20(24)21)15-14-22(2)3;/h9-10,12-13,21H,4-8,11,14-17H2,1-3H3;1H. The van der Waals surface area contributed by atoms with E-state index >= 15 is 0 Å². The molecule has 0 amide bonds. The molecule has 0 aliphatic rings. The average Bonchev–Trinajstić information content (AvgIpc) is 2.87. The third kappa shape index (κ3) is 6.45. The number of fused-ring (bicyclic) bond motifs is 1. The van der Waals surface area contributed by atoms with Gasteiger partial charge in [-0.2, -0.15) is 0 Å². The highest BCUT2D eigenvalue weighted by atomic mass is 35.5. The minimum absolute atomic E-state index is 0. The molecule has 0 aliphatic heterocycles. The molecule has 1 heterocycles. The van der Waals surface area contributed by atoms with Crippen LogP contribution in [0, 0.1) is 5.41 Å². The van der Waals surface area contributed by atoms with E-state index in [2.05, 4.69) is 42.6 Å². The van der Waals surface area contributed by atoms with Crippen molar-refractivity contribution in [3.05, 3.63) is 29.9 Å². The molecule has 6 heteroatoms. The Hall–Kier alpha value is -1.30. The minimum atomic E-state index is 0. The zero-order valence-electron chi connectivity index (χ0n) is 16.5. The summed E-state index contributed by atoms with van der Waals surface area (Å²) in [4.78, 5) is 2.15. The van der Waals surface area contributed by atoms with Crippen LogP contribution in [0.15, 0.2) is 24.3 Å². The molecular weight excluding hydrogens is 348 g/mol. The largest absolute Gasteiger partial charge is 0.361 e. The van der Waals surface area contributed by atoms with Crippen LogP contribution >= 0.6 is 12.4 Å². The third-order valence-electron chi connectivity index (χ3n) is 4.61. The Balaban J connectivity index is 0.00000338. The number of hydrogen-bond acceptors (Lipinski definition) is 3. The summed E-state index contributed by atoms with van der Waals surface area (Å²) >= 11 is 0. The van der Waals surface area contributed by atoms with E-state index in [0.29, 0.717) is 12.3 Å². The molecule has 0 aliphatic carbocycles. The molecule has 0 saturated heterocycles. The summed E-state index contributed by atoms with van der Waals surface area (Å²) < 4.78 is 9.92. The van der Waals surface area contributed by atoms with Gasteiger partial charge in [-0.3, -0.25) is 9.98 Å². The van der Waals surface area contributed by atoms with Gasteiger partial charge < -0.3 is 14.2 Å². The first-order valence-corrected chi connectivity index (χ1v) is 9.60. The molecule has 0 radical (unpaired) electrons. The molecule has 0 fully saturated rings. The summed E-state index contributed by atoms with van der Waals surface area (Å²) in [6.07, 6.45) is 7.61. The highest BCUT2D eigenvalue weighted by Crippen LogP contribution is 2.13. The quantitative estimate of drug-likeness (QED) is 0.558. The Labute approximate surface area is 163 Å². The monoisotopic (exact) mass is 382 g/mol. The normalized spacial score (nSPS) is 11.2. The van der Waals surface area contributed by atoms with Crippen molar-refractivity contribution in [1.29, 1.82) is 5.41 Å². The molecular formula is C20H35ClN4O. The predicted octanol–water partition coefficient (Wildman–Crippen LogP) is 4.24. The summed E-state index contributed by atoms with van der Waals surface area (Å²) in [6.45, 7) is 5.22. The van der Waals surface area contributed by atoms with Crippen molar-refractivity contribution in [2.45, 2.75) is 58.7 Å². The number of nitrogens with zero attached hydrogens (tertiary/aromatic N) is 3. The number of halogens is 1. The third-order valence-corrected chi connectivity index (χ3v) is 4.61. The van der Waals surface area contributed by atoms with Crippen LogP contribution in [-0.2, 0) is 18.0 Å². The van der Waals surface area contributed by atoms with Crippen LogP contribution in [0.25, 0.3) is 11.0 Å². The summed E-state index contributed by atoms with van der Waals surface area (Å²) in [5, 5.41) is 8.54. The lowest BCUT2D eigenvalue weighted by Crippen LogP contribution is -2.29. The zero-order valence-corrected chi connectivity index (χ0v) is 17.4. The number of likely N-dealkylation sites (N-methyl/N-ethyl adjacent to an activating group) is 1. The maximum Gasteiger partial charge on any atom is 0.204 e. The molecule has 2 rings (SSSR count). The van der Waals surface area contributed by atoms with Gasteiger partial charge >= 0.3 is 0 Å². The van der Waals surface area contributed by atoms with Gasteiger partial charge in [0, 0.05) is 19.7 Å². The Kier molecular flexibility index (Phi) is 10.6. The van der Waals surface area contributed by atoms with E-state index in [1.165, 1.54) is 32.1 Å². The molecule has 0 spiro atoms. The van der Waals surface area contributed by atoms with E-state index in [1.54, 1.807) is 0 Å². The van der Waals surface area contributed by atoms with Gasteiger partial charge in [-0.15, -0.1) is 12.4 Å². The zero-order chi connectivity index (χ0) is 18.1. The number of imidazole rings is 1. The fourth-order valence-corrected chi connectivity index (χ4v) is 3.09. The van der Waals surface area contributed by atoms with Gasteiger partial charge in [0.1, 0.15) is 6.73 Å². The number of nitrogens with one attached hydrogen (secondary N) is 1. The van der Waals surface area contributed by atoms with Gasteiger partial charge in [0.15, 0.2) is 0 Å². The number of ether oxygens (including phenoxy) is 1. The molecule has 0 bridgehead atoms. The summed E-state index contributed by atoms with van der Waals surface area (Å²) in [7, 11) is 4.12. The number of aromatic nitrogens is 2. The maximum atomic E-state index is 8.54. The SMILES string of the molecule is CCCCCCCCOCn1c(=N)n(CCN(C)C)c2ccccc21.Cl. The van der Waals surface area contributed by atoms with Crippen LogP contribution < -0.4 is 5.62 Å². The van der Waals surface area contributed by atoms with E-state index in [4.69, 9.17) is 10.1 Å². The number of para-hydroxylation sites is 2. The van der Waals surface area contributed by atoms with Gasteiger partial charge in [-0.25, -0.2) is 0 Å². The molecule has 1 aromatic carbocycles. The molecule has 1 aromatic heterocycles. The van der Waals surface area contributed by atoms with Crippen molar-refractivity contribution in [2.24, 2.45) is 0 Å². The minimum Gasteiger partial charge on any atom is -0.361 e. The fourth-order valence-electron chi connectivity index (χ4n) is 3.09. The highest BCUT2D eigenvalue weighted by molar-refractivity contribution is 5.85. The lowest BCUT2D eigenvalue weighted by atomic mass is 10.1. The molecule has 26 heavy (non-hydrogen) atoms. The molecule has 1 N–H and O–H groups in total. The van der Waals surface area contributed by atoms with Crippen LogP contribution in [0.4, 0.5) is 0 Å². The van der Waals surface area contributed by atoms with Crippen LogP contribution in [-0.4, -0.2) is 41.3 Å². The number of benzene rings is 1. The molecule has 0 atom stereocenters. The molecule has 5 nitrogen and oxygen atoms in total. The lowest BCUT2D eigenvalue weighted by molar-refractivity contribution is 0.0729. The number of hydrogen-bond donors (Lipinski definition) is 1. The van der Waals surface area contributed by atoms with E-state index < -0.39 is 0 Å². The van der Waals surface area contributed by atoms with E-state index in [9.17, 15) is 0 Å². The Morgan fingerprint density at radius 2 is 1.58 bits per heavy atom. The Morgan fingerprint density at radius 3 is 2.23 bits per heavy atom. The molecule has 0 saturated carbocycles. The number of rotatable bonds is 12. The van der Waals surface area contributed by atoms with Gasteiger partial charge in [-0.1, -0.05) is 51.2 Å². The van der Waals surface area contributed by atoms with Crippen LogP contribution in [0.3, 0.4) is 0 Å². The second-order valence-corrected chi connectivity index (χ2v) is 7.00. The summed E-state index contributed by atoms with van der Waals surface area (Å²) in [6, 6.07) is 8.23.